The van der Waals surface area contributed by atoms with E-state index in [2.05, 4.69) is 15.0 Å². The Morgan fingerprint density at radius 1 is 0.638 bits per heavy atom. The van der Waals surface area contributed by atoms with Crippen LogP contribution in [0.25, 0.3) is 56.3 Å². The Hall–Kier alpha value is -4.02. The predicted molar refractivity (Wildman–Crippen MR) is 165 cm³/mol. The van der Waals surface area contributed by atoms with Gasteiger partial charge in [-0.05, 0) is 54.1 Å². The van der Waals surface area contributed by atoms with E-state index >= 15 is 0 Å². The molecule has 2 aliphatic heterocycles. The first-order chi connectivity index (χ1) is 21.3. The Morgan fingerprint density at radius 2 is 1.19 bits per heavy atom. The van der Waals surface area contributed by atoms with Crippen LogP contribution >= 0.6 is 0 Å². The Balaban J connectivity index is 0.00000433. The summed E-state index contributed by atoms with van der Waals surface area (Å²) in [6.45, 7) is 0. The SMILES string of the molecule is O=S(=O)(O)C1=Cc2cc3ccc(cc4nc(cc5c(-c6ccccc6)c(S(=O)(=O)O)c(c(S(=O)(=O)O)c1n2)n5S(=O)(=O)O)C=C4)[nH]3.[Mn]. The van der Waals surface area contributed by atoms with Crippen molar-refractivity contribution >= 4 is 85.9 Å². The van der Waals surface area contributed by atoms with Gasteiger partial charge in [0.05, 0.1) is 22.6 Å². The van der Waals surface area contributed by atoms with Gasteiger partial charge in [-0.2, -0.15) is 33.7 Å². The van der Waals surface area contributed by atoms with Crippen molar-refractivity contribution in [1.29, 1.82) is 0 Å². The van der Waals surface area contributed by atoms with E-state index in [-0.39, 0.29) is 43.5 Å². The van der Waals surface area contributed by atoms with E-state index in [0.29, 0.717) is 17.3 Å². The van der Waals surface area contributed by atoms with E-state index in [9.17, 15) is 51.9 Å². The van der Waals surface area contributed by atoms with Gasteiger partial charge in [0.15, 0.2) is 0 Å². The molecule has 1 aromatic carbocycles. The fourth-order valence-electron chi connectivity index (χ4n) is 5.07. The van der Waals surface area contributed by atoms with Gasteiger partial charge in [-0.15, -0.1) is 0 Å². The fourth-order valence-corrected chi connectivity index (χ4v) is 8.54. The van der Waals surface area contributed by atoms with Crippen LogP contribution in [0.1, 0.15) is 22.8 Å². The molecule has 5 N–H and O–H groups in total. The van der Waals surface area contributed by atoms with Crippen molar-refractivity contribution in [2.45, 2.75) is 9.79 Å². The number of nitrogens with one attached hydrogen (secondary N) is 1. The van der Waals surface area contributed by atoms with Gasteiger partial charge in [-0.3, -0.25) is 18.2 Å². The Bertz CT molecular complexity index is 2680. The van der Waals surface area contributed by atoms with Gasteiger partial charge in [-0.25, -0.2) is 13.9 Å². The maximum Gasteiger partial charge on any atom is 0.364 e. The zero-order valence-electron chi connectivity index (χ0n) is 22.9. The van der Waals surface area contributed by atoms with E-state index in [4.69, 9.17) is 0 Å². The fraction of sp³-hybridized carbons (Fsp3) is 0. The molecule has 16 nitrogen and oxygen atoms in total. The molecule has 0 amide bonds. The summed E-state index contributed by atoms with van der Waals surface area (Å²) in [5.74, 6) is 0. The van der Waals surface area contributed by atoms with Crippen LogP contribution in [0.2, 0.25) is 0 Å². The molecule has 0 saturated heterocycles. The molecule has 5 heterocycles. The summed E-state index contributed by atoms with van der Waals surface area (Å²) >= 11 is 0. The second-order valence-electron chi connectivity index (χ2n) is 9.79. The van der Waals surface area contributed by atoms with E-state index in [1.165, 1.54) is 54.6 Å². The number of benzene rings is 1. The third kappa shape index (κ3) is 6.45. The molecule has 1 radical (unpaired) electrons. The number of aromatic amines is 1. The maximum absolute atomic E-state index is 13.1. The van der Waals surface area contributed by atoms with Gasteiger partial charge in [0.25, 0.3) is 30.4 Å². The zero-order valence-corrected chi connectivity index (χ0v) is 27.4. The monoisotopic (exact) mass is 761 g/mol. The largest absolute Gasteiger partial charge is 0.364 e. The molecule has 47 heavy (non-hydrogen) atoms. The van der Waals surface area contributed by atoms with Crippen LogP contribution in [0.5, 0.6) is 0 Å². The number of H-pyrrole nitrogens is 1. The molecule has 0 spiro atoms. The molecule has 0 unspecified atom stereocenters. The summed E-state index contributed by atoms with van der Waals surface area (Å²) in [4.78, 5) is 6.60. The molecule has 0 atom stereocenters. The van der Waals surface area contributed by atoms with Crippen LogP contribution in [0.15, 0.2) is 70.5 Å². The quantitative estimate of drug-likeness (QED) is 0.127. The number of aromatic nitrogens is 4. The van der Waals surface area contributed by atoms with Crippen molar-refractivity contribution in [3.05, 3.63) is 83.4 Å². The first kappa shape index (κ1) is 34.3. The van der Waals surface area contributed by atoms with Crippen LogP contribution in [-0.2, 0) is 57.7 Å². The van der Waals surface area contributed by atoms with E-state index in [0.717, 1.165) is 6.07 Å². The molecule has 0 aliphatic carbocycles. The minimum Gasteiger partial charge on any atom is -0.355 e. The molecule has 0 fully saturated rings. The van der Waals surface area contributed by atoms with E-state index in [1.807, 2.05) is 0 Å². The van der Waals surface area contributed by atoms with Crippen molar-refractivity contribution in [3.8, 4) is 11.1 Å². The van der Waals surface area contributed by atoms with Crippen molar-refractivity contribution in [2.75, 3.05) is 0 Å². The maximum atomic E-state index is 13.1. The topological polar surface area (TPSA) is 264 Å². The van der Waals surface area contributed by atoms with Crippen LogP contribution in [0.4, 0.5) is 0 Å². The van der Waals surface area contributed by atoms with Crippen LogP contribution in [0, 0.1) is 0 Å². The smallest absolute Gasteiger partial charge is 0.355 e. The molecular formula is C26H18MnN4O12S4. The van der Waals surface area contributed by atoms with Crippen molar-refractivity contribution in [3.63, 3.8) is 0 Å². The molecular weight excluding hydrogens is 744 g/mol. The molecule has 6 rings (SSSR count). The average Bonchev–Trinajstić information content (AvgIpc) is 3.70. The van der Waals surface area contributed by atoms with Gasteiger partial charge >= 0.3 is 10.3 Å². The Kier molecular flexibility index (Phi) is 8.47. The average molecular weight is 762 g/mol. The second kappa shape index (κ2) is 11.6. The third-order valence-electron chi connectivity index (χ3n) is 6.70. The molecule has 4 aromatic rings. The van der Waals surface area contributed by atoms with Crippen molar-refractivity contribution in [1.82, 2.24) is 18.9 Å². The minimum absolute atomic E-state index is 0. The summed E-state index contributed by atoms with van der Waals surface area (Å²) in [7, 11) is -23.0. The Labute approximate surface area is 276 Å². The molecule has 2 aliphatic rings. The predicted octanol–water partition coefficient (Wildman–Crippen LogP) is 3.15. The number of hydrogen-bond acceptors (Lipinski definition) is 10. The number of hydrogen-bond donors (Lipinski definition) is 5. The number of fused-ring (bicyclic) bond motifs is 8. The molecule has 3 aromatic heterocycles. The van der Waals surface area contributed by atoms with Gasteiger partial charge in [-0.1, -0.05) is 30.3 Å². The van der Waals surface area contributed by atoms with Crippen molar-refractivity contribution in [2.24, 2.45) is 0 Å². The standard InChI is InChI=1S/C26H18N4O12S4.Mn/c31-43(32,33)21-13-19-11-17-7-6-15(27-17)10-16-8-9-18(28-16)12-20-22(14-4-2-1-3-5-14)25(44(34,35)36)24(30(20)46(40,41)42)26(23(21)29-19)45(37,38)39;/h1-13,27H,(H,31,32,33)(H,34,35,36)(H,37,38,39)(H,40,41,42);. The van der Waals surface area contributed by atoms with Gasteiger partial charge in [0.2, 0.25) is 0 Å². The number of rotatable bonds is 5. The van der Waals surface area contributed by atoms with E-state index < -0.39 is 77.6 Å². The van der Waals surface area contributed by atoms with Crippen molar-refractivity contribution < 1.29 is 69.0 Å². The molecule has 8 bridgehead atoms. The Morgan fingerprint density at radius 3 is 1.72 bits per heavy atom. The summed E-state index contributed by atoms with van der Waals surface area (Å²) in [5.41, 5.74) is -3.97. The zero-order chi connectivity index (χ0) is 33.4. The third-order valence-corrected chi connectivity index (χ3v) is 10.2. The first-order valence-corrected chi connectivity index (χ1v) is 18.2. The summed E-state index contributed by atoms with van der Waals surface area (Å²) in [6.07, 6.45) is 3.54. The normalized spacial score (nSPS) is 13.7. The number of nitrogens with zero attached hydrogens (tertiary/aromatic N) is 3. The summed E-state index contributed by atoms with van der Waals surface area (Å²) in [5, 5.41) is 0. The molecule has 21 heteroatoms. The first-order valence-electron chi connectivity index (χ1n) is 12.5. The summed E-state index contributed by atoms with van der Waals surface area (Å²) in [6, 6.07) is 13.6. The van der Waals surface area contributed by atoms with Gasteiger partial charge in [0.1, 0.15) is 25.9 Å². The summed E-state index contributed by atoms with van der Waals surface area (Å²) < 4.78 is 145. The van der Waals surface area contributed by atoms with Crippen LogP contribution < -0.4 is 0 Å². The van der Waals surface area contributed by atoms with Gasteiger partial charge in [0, 0.05) is 33.7 Å². The molecule has 245 valence electrons. The van der Waals surface area contributed by atoms with Crippen LogP contribution in [-0.4, -0.2) is 70.8 Å². The van der Waals surface area contributed by atoms with E-state index in [1.54, 1.807) is 12.1 Å². The molecule has 0 saturated carbocycles. The minimum atomic E-state index is -5.96. The van der Waals surface area contributed by atoms with Gasteiger partial charge < -0.3 is 4.98 Å². The van der Waals surface area contributed by atoms with Crippen LogP contribution in [0.3, 0.4) is 0 Å². The second-order valence-corrected chi connectivity index (χ2v) is 15.2.